The van der Waals surface area contributed by atoms with Crippen LogP contribution in [0.15, 0.2) is 22.7 Å². The lowest BCUT2D eigenvalue weighted by atomic mass is 10.1. The second kappa shape index (κ2) is 6.63. The smallest absolute Gasteiger partial charge is 0.133 e. The summed E-state index contributed by atoms with van der Waals surface area (Å²) in [6, 6.07) is 7.92. The van der Waals surface area contributed by atoms with Crippen molar-refractivity contribution in [2.75, 3.05) is 20.2 Å². The molecule has 1 atom stereocenters. The van der Waals surface area contributed by atoms with E-state index in [4.69, 9.17) is 4.74 Å². The van der Waals surface area contributed by atoms with Crippen molar-refractivity contribution < 1.29 is 4.74 Å². The van der Waals surface area contributed by atoms with Crippen molar-refractivity contribution in [2.45, 2.75) is 19.9 Å². The summed E-state index contributed by atoms with van der Waals surface area (Å²) < 4.78 is 6.06. The topological polar surface area (TPSA) is 36.3 Å². The van der Waals surface area contributed by atoms with Crippen molar-refractivity contribution >= 4 is 15.9 Å². The second-order valence-electron chi connectivity index (χ2n) is 3.65. The van der Waals surface area contributed by atoms with E-state index in [1.807, 2.05) is 18.2 Å². The van der Waals surface area contributed by atoms with Crippen LogP contribution in [0.3, 0.4) is 0 Å². The highest BCUT2D eigenvalue weighted by molar-refractivity contribution is 9.10. The Morgan fingerprint density at radius 2 is 2.06 bits per heavy atom. The molecule has 0 fully saturated rings. The van der Waals surface area contributed by atoms with Crippen LogP contribution in [0.2, 0.25) is 0 Å². The number of nitrogens with zero attached hydrogens (tertiary/aromatic N) is 2. The van der Waals surface area contributed by atoms with Crippen molar-refractivity contribution in [3.05, 3.63) is 28.2 Å². The first-order valence-electron chi connectivity index (χ1n) is 5.65. The lowest BCUT2D eigenvalue weighted by molar-refractivity contribution is 0.262. The number of benzene rings is 1. The minimum Gasteiger partial charge on any atom is -0.496 e. The Morgan fingerprint density at radius 3 is 2.47 bits per heavy atom. The average molecular weight is 297 g/mol. The predicted molar refractivity (Wildman–Crippen MR) is 72.0 cm³/mol. The molecule has 0 saturated heterocycles. The molecular formula is C13H17BrN2O. The Balaban J connectivity index is 3.05. The molecule has 1 rings (SSSR count). The minimum atomic E-state index is -0.202. The molecule has 0 bridgehead atoms. The SMILES string of the molecule is CCN(CC)C(C#N)c1ccc(OC)c(Br)c1. The number of rotatable bonds is 5. The highest BCUT2D eigenvalue weighted by atomic mass is 79.9. The zero-order valence-electron chi connectivity index (χ0n) is 10.4. The average Bonchev–Trinajstić information content (AvgIpc) is 2.35. The van der Waals surface area contributed by atoms with Gasteiger partial charge < -0.3 is 4.74 Å². The van der Waals surface area contributed by atoms with Crippen LogP contribution in [-0.2, 0) is 0 Å². The molecule has 0 radical (unpaired) electrons. The monoisotopic (exact) mass is 296 g/mol. The highest BCUT2D eigenvalue weighted by Crippen LogP contribution is 2.29. The maximum atomic E-state index is 9.29. The molecular weight excluding hydrogens is 280 g/mol. The normalized spacial score (nSPS) is 12.2. The zero-order valence-corrected chi connectivity index (χ0v) is 12.0. The van der Waals surface area contributed by atoms with E-state index in [1.54, 1.807) is 7.11 Å². The van der Waals surface area contributed by atoms with E-state index >= 15 is 0 Å². The Morgan fingerprint density at radius 1 is 1.41 bits per heavy atom. The fourth-order valence-electron chi connectivity index (χ4n) is 1.81. The molecule has 0 aliphatic heterocycles. The standard InChI is InChI=1S/C13H17BrN2O/c1-4-16(5-2)12(9-15)10-6-7-13(17-3)11(14)8-10/h6-8,12H,4-5H2,1-3H3. The fraction of sp³-hybridized carbons (Fsp3) is 0.462. The number of hydrogen-bond acceptors (Lipinski definition) is 3. The molecule has 0 aliphatic rings. The summed E-state index contributed by atoms with van der Waals surface area (Å²) in [5.41, 5.74) is 0.990. The zero-order chi connectivity index (χ0) is 12.8. The number of halogens is 1. The number of hydrogen-bond donors (Lipinski definition) is 0. The maximum Gasteiger partial charge on any atom is 0.133 e. The second-order valence-corrected chi connectivity index (χ2v) is 4.50. The predicted octanol–water partition coefficient (Wildman–Crippen LogP) is 3.36. The molecule has 17 heavy (non-hydrogen) atoms. The summed E-state index contributed by atoms with van der Waals surface area (Å²) in [5, 5.41) is 9.29. The van der Waals surface area contributed by atoms with Gasteiger partial charge in [-0.05, 0) is 46.7 Å². The molecule has 0 N–H and O–H groups in total. The lowest BCUT2D eigenvalue weighted by Gasteiger charge is -2.24. The van der Waals surface area contributed by atoms with Gasteiger partial charge in [-0.1, -0.05) is 19.9 Å². The first-order chi connectivity index (χ1) is 8.17. The van der Waals surface area contributed by atoms with Gasteiger partial charge in [0.25, 0.3) is 0 Å². The van der Waals surface area contributed by atoms with Gasteiger partial charge in [-0.3, -0.25) is 4.90 Å². The van der Waals surface area contributed by atoms with Crippen LogP contribution in [0.1, 0.15) is 25.5 Å². The van der Waals surface area contributed by atoms with Crippen molar-refractivity contribution in [1.29, 1.82) is 5.26 Å². The molecule has 1 unspecified atom stereocenters. The maximum absolute atomic E-state index is 9.29. The first kappa shape index (κ1) is 14.0. The largest absolute Gasteiger partial charge is 0.496 e. The Hall–Kier alpha value is -1.05. The van der Waals surface area contributed by atoms with E-state index in [1.165, 1.54) is 0 Å². The van der Waals surface area contributed by atoms with Crippen molar-refractivity contribution in [3.63, 3.8) is 0 Å². The molecule has 0 saturated carbocycles. The van der Waals surface area contributed by atoms with Gasteiger partial charge in [0.2, 0.25) is 0 Å². The molecule has 0 heterocycles. The summed E-state index contributed by atoms with van der Waals surface area (Å²) in [6.45, 7) is 5.84. The molecule has 4 heteroatoms. The van der Waals surface area contributed by atoms with E-state index in [0.717, 1.165) is 28.9 Å². The van der Waals surface area contributed by atoms with E-state index in [9.17, 15) is 5.26 Å². The highest BCUT2D eigenvalue weighted by Gasteiger charge is 2.18. The number of ether oxygens (including phenoxy) is 1. The van der Waals surface area contributed by atoms with Gasteiger partial charge in [0.1, 0.15) is 11.8 Å². The van der Waals surface area contributed by atoms with Crippen LogP contribution in [0.25, 0.3) is 0 Å². The van der Waals surface area contributed by atoms with Crippen LogP contribution < -0.4 is 4.74 Å². The number of nitriles is 1. The Kier molecular flexibility index (Phi) is 5.46. The third-order valence-corrected chi connectivity index (χ3v) is 3.41. The molecule has 92 valence electrons. The van der Waals surface area contributed by atoms with Gasteiger partial charge in [0.05, 0.1) is 17.7 Å². The van der Waals surface area contributed by atoms with E-state index in [0.29, 0.717) is 0 Å². The molecule has 0 aliphatic carbocycles. The Labute approximate surface area is 111 Å². The van der Waals surface area contributed by atoms with Gasteiger partial charge in [-0.25, -0.2) is 0 Å². The first-order valence-corrected chi connectivity index (χ1v) is 6.44. The molecule has 0 amide bonds. The summed E-state index contributed by atoms with van der Waals surface area (Å²) in [5.74, 6) is 0.782. The van der Waals surface area contributed by atoms with Crippen LogP contribution in [0.4, 0.5) is 0 Å². The summed E-state index contributed by atoms with van der Waals surface area (Å²) >= 11 is 3.44. The fourth-order valence-corrected chi connectivity index (χ4v) is 2.37. The molecule has 0 aromatic heterocycles. The third-order valence-electron chi connectivity index (χ3n) is 2.79. The quantitative estimate of drug-likeness (QED) is 0.836. The van der Waals surface area contributed by atoms with Crippen LogP contribution in [0.5, 0.6) is 5.75 Å². The van der Waals surface area contributed by atoms with Crippen molar-refractivity contribution in [3.8, 4) is 11.8 Å². The van der Waals surface area contributed by atoms with Crippen LogP contribution in [0, 0.1) is 11.3 Å². The van der Waals surface area contributed by atoms with Gasteiger partial charge in [-0.2, -0.15) is 5.26 Å². The van der Waals surface area contributed by atoms with Gasteiger partial charge in [-0.15, -0.1) is 0 Å². The molecule has 0 spiro atoms. The summed E-state index contributed by atoms with van der Waals surface area (Å²) in [4.78, 5) is 2.12. The number of methoxy groups -OCH3 is 1. The van der Waals surface area contributed by atoms with Crippen LogP contribution >= 0.6 is 15.9 Å². The Bertz CT molecular complexity index is 410. The molecule has 1 aromatic carbocycles. The van der Waals surface area contributed by atoms with Crippen LogP contribution in [-0.4, -0.2) is 25.1 Å². The lowest BCUT2D eigenvalue weighted by Crippen LogP contribution is -2.27. The summed E-state index contributed by atoms with van der Waals surface area (Å²) in [6.07, 6.45) is 0. The van der Waals surface area contributed by atoms with Gasteiger partial charge in [0.15, 0.2) is 0 Å². The van der Waals surface area contributed by atoms with E-state index < -0.39 is 0 Å². The molecule has 1 aromatic rings. The van der Waals surface area contributed by atoms with Gasteiger partial charge >= 0.3 is 0 Å². The van der Waals surface area contributed by atoms with E-state index in [2.05, 4.69) is 40.7 Å². The van der Waals surface area contributed by atoms with Crippen molar-refractivity contribution in [1.82, 2.24) is 4.90 Å². The van der Waals surface area contributed by atoms with Gasteiger partial charge in [0, 0.05) is 0 Å². The van der Waals surface area contributed by atoms with E-state index in [-0.39, 0.29) is 6.04 Å². The molecule has 3 nitrogen and oxygen atoms in total. The minimum absolute atomic E-state index is 0.202. The third kappa shape index (κ3) is 3.21. The summed E-state index contributed by atoms with van der Waals surface area (Å²) in [7, 11) is 1.63. The van der Waals surface area contributed by atoms with Crippen molar-refractivity contribution in [2.24, 2.45) is 0 Å².